The number of ether oxygens (including phenoxy) is 2. The van der Waals surface area contributed by atoms with Gasteiger partial charge in [-0.1, -0.05) is 29.8 Å². The predicted molar refractivity (Wildman–Crippen MR) is 112 cm³/mol. The highest BCUT2D eigenvalue weighted by Gasteiger charge is 2.19. The van der Waals surface area contributed by atoms with E-state index in [9.17, 15) is 4.79 Å². The van der Waals surface area contributed by atoms with Gasteiger partial charge in [-0.05, 0) is 42.5 Å². The van der Waals surface area contributed by atoms with Crippen LogP contribution in [0, 0.1) is 0 Å². The lowest BCUT2D eigenvalue weighted by Gasteiger charge is -2.13. The molecule has 0 fully saturated rings. The fourth-order valence-electron chi connectivity index (χ4n) is 3.02. The van der Waals surface area contributed by atoms with E-state index in [0.717, 1.165) is 5.52 Å². The summed E-state index contributed by atoms with van der Waals surface area (Å²) < 4.78 is 16.4. The lowest BCUT2D eigenvalue weighted by Crippen LogP contribution is -2.14. The number of hydrogen-bond donors (Lipinski definition) is 1. The van der Waals surface area contributed by atoms with Crippen molar-refractivity contribution in [3.05, 3.63) is 71.2 Å². The lowest BCUT2D eigenvalue weighted by molar-refractivity contribution is 0.102. The Bertz CT molecular complexity index is 1150. The number of hydrogen-bond acceptors (Lipinski definition) is 5. The molecule has 0 aliphatic heterocycles. The summed E-state index contributed by atoms with van der Waals surface area (Å²) >= 11 is 6.35. The third-order valence-electron chi connectivity index (χ3n) is 4.40. The topological polar surface area (TPSA) is 73.6 Å². The van der Waals surface area contributed by atoms with Crippen molar-refractivity contribution in [2.75, 3.05) is 19.5 Å². The van der Waals surface area contributed by atoms with Gasteiger partial charge in [0.15, 0.2) is 5.58 Å². The maximum Gasteiger partial charge on any atom is 0.263 e. The molecule has 0 unspecified atom stereocenters. The first-order valence-electron chi connectivity index (χ1n) is 8.78. The van der Waals surface area contributed by atoms with Crippen molar-refractivity contribution in [1.82, 2.24) is 4.98 Å². The third-order valence-corrected chi connectivity index (χ3v) is 4.73. The van der Waals surface area contributed by atoms with E-state index < -0.39 is 0 Å². The minimum absolute atomic E-state index is 0.302. The number of aromatic nitrogens is 1. The molecule has 1 aromatic heterocycles. The highest BCUT2D eigenvalue weighted by molar-refractivity contribution is 6.33. The quantitative estimate of drug-likeness (QED) is 0.477. The molecule has 0 aliphatic rings. The number of anilines is 1. The van der Waals surface area contributed by atoms with Crippen LogP contribution in [0.25, 0.3) is 22.6 Å². The van der Waals surface area contributed by atoms with Gasteiger partial charge in [0.1, 0.15) is 22.6 Å². The third kappa shape index (κ3) is 3.62. The van der Waals surface area contributed by atoms with Gasteiger partial charge in [-0.2, -0.15) is 0 Å². The number of halogens is 1. The highest BCUT2D eigenvalue weighted by atomic mass is 35.5. The first-order chi connectivity index (χ1) is 14.1. The van der Waals surface area contributed by atoms with Crippen molar-refractivity contribution >= 4 is 34.3 Å². The van der Waals surface area contributed by atoms with Crippen LogP contribution in [-0.2, 0) is 0 Å². The van der Waals surface area contributed by atoms with Crippen molar-refractivity contribution in [3.63, 3.8) is 0 Å². The summed E-state index contributed by atoms with van der Waals surface area (Å²) in [6, 6.07) is 17.7. The Kier molecular flexibility index (Phi) is 5.10. The summed E-state index contributed by atoms with van der Waals surface area (Å²) in [5.74, 6) is 0.831. The van der Waals surface area contributed by atoms with Gasteiger partial charge >= 0.3 is 0 Å². The van der Waals surface area contributed by atoms with Gasteiger partial charge in [0, 0.05) is 5.69 Å². The molecule has 3 aromatic carbocycles. The van der Waals surface area contributed by atoms with Crippen LogP contribution in [0.4, 0.5) is 5.69 Å². The van der Waals surface area contributed by atoms with E-state index in [1.807, 2.05) is 24.3 Å². The Balaban J connectivity index is 1.69. The van der Waals surface area contributed by atoms with Crippen molar-refractivity contribution in [2.24, 2.45) is 0 Å². The zero-order valence-electron chi connectivity index (χ0n) is 15.7. The number of methoxy groups -OCH3 is 2. The number of amides is 1. The van der Waals surface area contributed by atoms with Gasteiger partial charge in [0.05, 0.1) is 24.8 Å². The molecule has 4 aromatic rings. The smallest absolute Gasteiger partial charge is 0.263 e. The number of oxazole rings is 1. The molecule has 6 nitrogen and oxygen atoms in total. The van der Waals surface area contributed by atoms with Crippen LogP contribution in [0.3, 0.4) is 0 Å². The van der Waals surface area contributed by atoms with E-state index in [1.54, 1.807) is 36.4 Å². The first kappa shape index (κ1) is 18.8. The zero-order valence-corrected chi connectivity index (χ0v) is 16.5. The Labute approximate surface area is 172 Å². The molecular formula is C22H17ClN2O4. The minimum Gasteiger partial charge on any atom is -0.496 e. The average Bonchev–Trinajstić information content (AvgIpc) is 3.18. The molecule has 146 valence electrons. The van der Waals surface area contributed by atoms with E-state index in [4.69, 9.17) is 25.5 Å². The highest BCUT2D eigenvalue weighted by Crippen LogP contribution is 2.33. The molecular weight excluding hydrogens is 392 g/mol. The van der Waals surface area contributed by atoms with E-state index in [0.29, 0.717) is 44.8 Å². The number of nitrogens with one attached hydrogen (secondary N) is 1. The molecule has 0 bridgehead atoms. The van der Waals surface area contributed by atoms with E-state index >= 15 is 0 Å². The standard InChI is InChI=1S/C22H17ClN2O4/c1-27-18-8-5-9-19(28-2)20(18)21(26)24-13-10-11-15(23)14(12-13)22-25-16-6-3-4-7-17(16)29-22/h3-12H,1-2H3,(H,24,26). The molecule has 0 saturated heterocycles. The van der Waals surface area contributed by atoms with Crippen molar-refractivity contribution in [1.29, 1.82) is 0 Å². The lowest BCUT2D eigenvalue weighted by atomic mass is 10.1. The molecule has 0 saturated carbocycles. The summed E-state index contributed by atoms with van der Waals surface area (Å²) in [6.07, 6.45) is 0. The van der Waals surface area contributed by atoms with E-state index in [1.165, 1.54) is 14.2 Å². The number of para-hydroxylation sites is 2. The summed E-state index contributed by atoms with van der Waals surface area (Å²) in [6.45, 7) is 0. The summed E-state index contributed by atoms with van der Waals surface area (Å²) in [5, 5.41) is 3.31. The van der Waals surface area contributed by atoms with Gasteiger partial charge in [-0.3, -0.25) is 4.79 Å². The number of rotatable bonds is 5. The molecule has 7 heteroatoms. The van der Waals surface area contributed by atoms with Gasteiger partial charge in [0.25, 0.3) is 5.91 Å². The summed E-state index contributed by atoms with van der Waals surface area (Å²) in [4.78, 5) is 17.4. The van der Waals surface area contributed by atoms with Crippen LogP contribution in [0.1, 0.15) is 10.4 Å². The number of benzene rings is 3. The minimum atomic E-state index is -0.370. The van der Waals surface area contributed by atoms with E-state index in [2.05, 4.69) is 10.3 Å². The fraction of sp³-hybridized carbons (Fsp3) is 0.0909. The molecule has 29 heavy (non-hydrogen) atoms. The molecule has 1 N–H and O–H groups in total. The van der Waals surface area contributed by atoms with Crippen LogP contribution in [0.2, 0.25) is 5.02 Å². The Hall–Kier alpha value is -3.51. The maximum absolute atomic E-state index is 12.9. The number of nitrogens with zero attached hydrogens (tertiary/aromatic N) is 1. The first-order valence-corrected chi connectivity index (χ1v) is 9.16. The van der Waals surface area contributed by atoms with E-state index in [-0.39, 0.29) is 5.91 Å². The Morgan fingerprint density at radius 2 is 1.72 bits per heavy atom. The van der Waals surface area contributed by atoms with Gasteiger partial charge in [-0.15, -0.1) is 0 Å². The average molecular weight is 409 g/mol. The number of carbonyl (C=O) groups excluding carboxylic acids is 1. The second-order valence-corrected chi connectivity index (χ2v) is 6.58. The fourth-order valence-corrected chi connectivity index (χ4v) is 3.22. The maximum atomic E-state index is 12.9. The predicted octanol–water partition coefficient (Wildman–Crippen LogP) is 5.42. The molecule has 4 rings (SSSR count). The molecule has 1 amide bonds. The molecule has 0 aliphatic carbocycles. The van der Waals surface area contributed by atoms with Crippen LogP contribution in [0.15, 0.2) is 65.1 Å². The Morgan fingerprint density at radius 3 is 2.41 bits per heavy atom. The molecule has 0 atom stereocenters. The largest absolute Gasteiger partial charge is 0.496 e. The van der Waals surface area contributed by atoms with Crippen LogP contribution in [-0.4, -0.2) is 25.1 Å². The normalized spacial score (nSPS) is 10.7. The van der Waals surface area contributed by atoms with Gasteiger partial charge in [-0.25, -0.2) is 4.98 Å². The molecule has 0 spiro atoms. The number of fused-ring (bicyclic) bond motifs is 1. The monoisotopic (exact) mass is 408 g/mol. The Morgan fingerprint density at radius 1 is 1.00 bits per heavy atom. The van der Waals surface area contributed by atoms with Crippen LogP contribution < -0.4 is 14.8 Å². The second kappa shape index (κ2) is 7.85. The van der Waals surface area contributed by atoms with Crippen molar-refractivity contribution in [2.45, 2.75) is 0 Å². The molecule has 1 heterocycles. The summed E-state index contributed by atoms with van der Waals surface area (Å²) in [7, 11) is 3.00. The van der Waals surface area contributed by atoms with Gasteiger partial charge < -0.3 is 19.2 Å². The zero-order chi connectivity index (χ0) is 20.4. The number of carbonyl (C=O) groups is 1. The molecule has 0 radical (unpaired) electrons. The van der Waals surface area contributed by atoms with Crippen LogP contribution in [0.5, 0.6) is 11.5 Å². The van der Waals surface area contributed by atoms with Crippen molar-refractivity contribution < 1.29 is 18.7 Å². The SMILES string of the molecule is COc1cccc(OC)c1C(=O)Nc1ccc(Cl)c(-c2nc3ccccc3o2)c1. The van der Waals surface area contributed by atoms with Crippen molar-refractivity contribution in [3.8, 4) is 23.0 Å². The second-order valence-electron chi connectivity index (χ2n) is 6.17. The summed E-state index contributed by atoms with van der Waals surface area (Å²) in [5.41, 5.74) is 2.80. The van der Waals surface area contributed by atoms with Crippen LogP contribution >= 0.6 is 11.6 Å². The van der Waals surface area contributed by atoms with Gasteiger partial charge in [0.2, 0.25) is 5.89 Å².